The van der Waals surface area contributed by atoms with Gasteiger partial charge in [0, 0.05) is 18.2 Å². The van der Waals surface area contributed by atoms with Gasteiger partial charge in [-0.1, -0.05) is 18.7 Å². The smallest absolute Gasteiger partial charge is 0.433 e. The number of halogens is 3. The van der Waals surface area contributed by atoms with Gasteiger partial charge in [0.15, 0.2) is 10.9 Å². The number of nitrogens with zero attached hydrogens (tertiary/aromatic N) is 2. The summed E-state index contributed by atoms with van der Waals surface area (Å²) in [6.45, 7) is 3.84. The van der Waals surface area contributed by atoms with Gasteiger partial charge in [-0.25, -0.2) is 9.97 Å². The molecule has 5 nitrogen and oxygen atoms in total. The summed E-state index contributed by atoms with van der Waals surface area (Å²) >= 11 is 1.00. The summed E-state index contributed by atoms with van der Waals surface area (Å²) < 4.78 is 44.2. The van der Waals surface area contributed by atoms with Gasteiger partial charge in [-0.2, -0.15) is 13.2 Å². The normalized spacial score (nSPS) is 12.8. The molecule has 2 aromatic rings. The highest BCUT2D eigenvalue weighted by molar-refractivity contribution is 7.99. The Morgan fingerprint density at radius 2 is 2.16 bits per heavy atom. The number of hydrogen-bond acceptors (Lipinski definition) is 5. The van der Waals surface area contributed by atoms with Crippen LogP contribution in [0, 0.1) is 0 Å². The van der Waals surface area contributed by atoms with Crippen molar-refractivity contribution in [2.24, 2.45) is 0 Å². The number of amides is 1. The third kappa shape index (κ3) is 5.77. The highest BCUT2D eigenvalue weighted by atomic mass is 32.2. The van der Waals surface area contributed by atoms with Crippen LogP contribution in [0.2, 0.25) is 0 Å². The molecule has 0 aliphatic heterocycles. The predicted octanol–water partition coefficient (Wildman–Crippen LogP) is 4.15. The molecular formula is C16H18F3N3O2S. The lowest BCUT2D eigenvalue weighted by Crippen LogP contribution is -2.32. The Kier molecular flexibility index (Phi) is 6.46. The molecule has 0 saturated heterocycles. The average Bonchev–Trinajstić information content (AvgIpc) is 3.08. The van der Waals surface area contributed by atoms with Gasteiger partial charge in [0.05, 0.1) is 6.26 Å². The van der Waals surface area contributed by atoms with Crippen LogP contribution >= 0.6 is 11.8 Å². The third-order valence-electron chi connectivity index (χ3n) is 3.35. The molecule has 2 heterocycles. The molecule has 0 aliphatic rings. The zero-order chi connectivity index (χ0) is 18.4. The molecule has 136 valence electrons. The first-order chi connectivity index (χ1) is 11.8. The summed E-state index contributed by atoms with van der Waals surface area (Å²) in [5, 5.41) is 2.75. The summed E-state index contributed by atoms with van der Waals surface area (Å²) in [4.78, 5) is 19.4. The minimum atomic E-state index is -4.59. The van der Waals surface area contributed by atoms with E-state index in [2.05, 4.69) is 15.3 Å². The van der Waals surface area contributed by atoms with Crippen molar-refractivity contribution in [3.63, 3.8) is 0 Å². The minimum absolute atomic E-state index is 0.0439. The van der Waals surface area contributed by atoms with E-state index in [1.807, 2.05) is 13.8 Å². The molecule has 1 N–H and O–H groups in total. The Bertz CT molecular complexity index is 705. The summed E-state index contributed by atoms with van der Waals surface area (Å²) in [6, 6.07) is 4.00. The first-order valence-electron chi connectivity index (χ1n) is 7.72. The summed E-state index contributed by atoms with van der Waals surface area (Å²) in [5.74, 6) is 0.352. The number of rotatable bonds is 7. The minimum Gasteiger partial charge on any atom is -0.463 e. The third-order valence-corrected chi connectivity index (χ3v) is 4.20. The van der Waals surface area contributed by atoms with Gasteiger partial charge in [0.25, 0.3) is 0 Å². The maximum atomic E-state index is 13.0. The average molecular weight is 373 g/mol. The van der Waals surface area contributed by atoms with E-state index in [4.69, 9.17) is 4.42 Å². The number of carbonyl (C=O) groups excluding carboxylic acids is 1. The Balaban J connectivity index is 2.09. The zero-order valence-electron chi connectivity index (χ0n) is 13.8. The zero-order valence-corrected chi connectivity index (χ0v) is 14.6. The fourth-order valence-corrected chi connectivity index (χ4v) is 2.67. The quantitative estimate of drug-likeness (QED) is 0.583. The van der Waals surface area contributed by atoms with Crippen LogP contribution in [0.4, 0.5) is 13.2 Å². The fraction of sp³-hybridized carbons (Fsp3) is 0.438. The van der Waals surface area contributed by atoms with Crippen molar-refractivity contribution in [2.45, 2.75) is 44.1 Å². The van der Waals surface area contributed by atoms with E-state index in [1.54, 1.807) is 6.07 Å². The number of carbonyl (C=O) groups is 1. The lowest BCUT2D eigenvalue weighted by Gasteiger charge is -2.11. The second-order valence-electron chi connectivity index (χ2n) is 5.37. The van der Waals surface area contributed by atoms with Gasteiger partial charge in [-0.05, 0) is 31.5 Å². The van der Waals surface area contributed by atoms with Crippen LogP contribution in [0.15, 0.2) is 34.0 Å². The molecule has 0 saturated carbocycles. The summed E-state index contributed by atoms with van der Waals surface area (Å²) in [6.07, 6.45) is -2.25. The number of hydrogen-bond donors (Lipinski definition) is 1. The van der Waals surface area contributed by atoms with Crippen molar-refractivity contribution in [1.82, 2.24) is 15.3 Å². The second-order valence-corrected chi connectivity index (χ2v) is 6.43. The number of thioether (sulfide) groups is 1. The lowest BCUT2D eigenvalue weighted by molar-refractivity contribution is -0.141. The molecule has 1 unspecified atom stereocenters. The molecule has 9 heteroatoms. The van der Waals surface area contributed by atoms with Crippen molar-refractivity contribution in [3.8, 4) is 11.5 Å². The lowest BCUT2D eigenvalue weighted by atomic mass is 10.2. The van der Waals surface area contributed by atoms with E-state index in [-0.39, 0.29) is 40.7 Å². The monoisotopic (exact) mass is 373 g/mol. The number of furan rings is 1. The van der Waals surface area contributed by atoms with Crippen molar-refractivity contribution in [1.29, 1.82) is 0 Å². The van der Waals surface area contributed by atoms with Crippen LogP contribution < -0.4 is 5.32 Å². The van der Waals surface area contributed by atoms with Gasteiger partial charge in [0.2, 0.25) is 5.91 Å². The van der Waals surface area contributed by atoms with Gasteiger partial charge in [-0.15, -0.1) is 0 Å². The largest absolute Gasteiger partial charge is 0.463 e. The SMILES string of the molecule is CCC(C)NC(=O)CCSc1nc(-c2ccco2)cc(C(F)(F)F)n1. The van der Waals surface area contributed by atoms with Crippen molar-refractivity contribution in [3.05, 3.63) is 30.2 Å². The van der Waals surface area contributed by atoms with Crippen molar-refractivity contribution in [2.75, 3.05) is 5.75 Å². The second kappa shape index (κ2) is 8.37. The maximum absolute atomic E-state index is 13.0. The van der Waals surface area contributed by atoms with Crippen molar-refractivity contribution >= 4 is 17.7 Å². The van der Waals surface area contributed by atoms with Crippen LogP contribution in [0.5, 0.6) is 0 Å². The summed E-state index contributed by atoms with van der Waals surface area (Å²) in [5.41, 5.74) is -0.987. The van der Waals surface area contributed by atoms with Crippen LogP contribution in [-0.4, -0.2) is 27.7 Å². The van der Waals surface area contributed by atoms with Crippen molar-refractivity contribution < 1.29 is 22.4 Å². The van der Waals surface area contributed by atoms with Gasteiger partial charge < -0.3 is 9.73 Å². The van der Waals surface area contributed by atoms with Gasteiger partial charge in [-0.3, -0.25) is 4.79 Å². The number of alkyl halides is 3. The Morgan fingerprint density at radius 1 is 1.40 bits per heavy atom. The fourth-order valence-electron chi connectivity index (χ4n) is 1.87. The maximum Gasteiger partial charge on any atom is 0.433 e. The van der Waals surface area contributed by atoms with Crippen LogP contribution in [0.3, 0.4) is 0 Å². The first kappa shape index (κ1) is 19.3. The number of nitrogens with one attached hydrogen (secondary N) is 1. The van der Waals surface area contributed by atoms with E-state index in [1.165, 1.54) is 12.3 Å². The van der Waals surface area contributed by atoms with Crippen LogP contribution in [-0.2, 0) is 11.0 Å². The molecule has 2 rings (SSSR count). The molecule has 2 aromatic heterocycles. The Labute approximate surface area is 147 Å². The summed E-state index contributed by atoms with van der Waals surface area (Å²) in [7, 11) is 0. The van der Waals surface area contributed by atoms with Crippen LogP contribution in [0.1, 0.15) is 32.4 Å². The molecule has 0 bridgehead atoms. The molecular weight excluding hydrogens is 355 g/mol. The molecule has 0 radical (unpaired) electrons. The highest BCUT2D eigenvalue weighted by Gasteiger charge is 2.34. The molecule has 0 aliphatic carbocycles. The van der Waals surface area contributed by atoms with E-state index in [0.29, 0.717) is 0 Å². The van der Waals surface area contributed by atoms with E-state index in [9.17, 15) is 18.0 Å². The predicted molar refractivity (Wildman–Crippen MR) is 88.0 cm³/mol. The van der Waals surface area contributed by atoms with Gasteiger partial charge in [0.1, 0.15) is 11.4 Å². The Hall–Kier alpha value is -2.03. The molecule has 0 fully saturated rings. The standard InChI is InChI=1S/C16H18F3N3O2S/c1-3-10(2)20-14(23)6-8-25-15-21-11(12-5-4-7-24-12)9-13(22-15)16(17,18)19/h4-5,7,9-10H,3,6,8H2,1-2H3,(H,20,23). The number of aromatic nitrogens is 2. The Morgan fingerprint density at radius 3 is 2.76 bits per heavy atom. The topological polar surface area (TPSA) is 68.0 Å². The van der Waals surface area contributed by atoms with E-state index >= 15 is 0 Å². The molecule has 1 atom stereocenters. The molecule has 1 amide bonds. The van der Waals surface area contributed by atoms with E-state index < -0.39 is 11.9 Å². The molecule has 0 aromatic carbocycles. The first-order valence-corrected chi connectivity index (χ1v) is 8.70. The van der Waals surface area contributed by atoms with E-state index in [0.717, 1.165) is 24.2 Å². The van der Waals surface area contributed by atoms with Crippen LogP contribution in [0.25, 0.3) is 11.5 Å². The molecule has 0 spiro atoms. The highest BCUT2D eigenvalue weighted by Crippen LogP contribution is 2.32. The van der Waals surface area contributed by atoms with Gasteiger partial charge >= 0.3 is 6.18 Å². The molecule has 25 heavy (non-hydrogen) atoms.